The smallest absolute Gasteiger partial charge is 0.475 e. The molecule has 1 aliphatic heterocycles. The molecular weight excluding hydrogens is 471 g/mol. The molecule has 3 aromatic rings. The average molecular weight is 496 g/mol. The Kier molecular flexibility index (Phi) is 8.40. The van der Waals surface area contributed by atoms with E-state index in [-0.39, 0.29) is 11.9 Å². The first kappa shape index (κ1) is 25.4. The molecular formula is C22H24F3N5O3S. The van der Waals surface area contributed by atoms with Crippen LogP contribution in [0.1, 0.15) is 41.0 Å². The van der Waals surface area contributed by atoms with Crippen LogP contribution in [0, 0.1) is 0 Å². The number of nitrogens with one attached hydrogen (secondary N) is 1. The molecule has 0 spiro atoms. The van der Waals surface area contributed by atoms with Crippen LogP contribution in [-0.2, 0) is 4.79 Å². The monoisotopic (exact) mass is 495 g/mol. The number of carboxylic acid groups (broad SMARTS) is 1. The van der Waals surface area contributed by atoms with Crippen molar-refractivity contribution in [2.45, 2.75) is 38.0 Å². The minimum absolute atomic E-state index is 0.160. The number of aliphatic carboxylic acids is 1. The molecule has 1 aliphatic rings. The summed E-state index contributed by atoms with van der Waals surface area (Å²) in [4.78, 5) is 24.2. The second kappa shape index (κ2) is 11.3. The maximum atomic E-state index is 12.5. The number of carbonyl (C=O) groups excluding carboxylic acids is 1. The number of benzene rings is 1. The lowest BCUT2D eigenvalue weighted by molar-refractivity contribution is -0.192. The molecule has 1 aromatic carbocycles. The zero-order valence-electron chi connectivity index (χ0n) is 18.3. The van der Waals surface area contributed by atoms with Gasteiger partial charge in [0, 0.05) is 25.2 Å². The van der Waals surface area contributed by atoms with Crippen molar-refractivity contribution < 1.29 is 27.9 Å². The number of nitrogens with zero attached hydrogens (tertiary/aromatic N) is 4. The normalized spacial score (nSPS) is 15.4. The fraction of sp³-hybridized carbons (Fsp3) is 0.364. The molecule has 3 heterocycles. The largest absolute Gasteiger partial charge is 0.490 e. The van der Waals surface area contributed by atoms with E-state index in [9.17, 15) is 18.0 Å². The molecule has 12 heteroatoms. The number of hydrogen-bond donors (Lipinski definition) is 2. The van der Waals surface area contributed by atoms with Crippen LogP contribution in [0.5, 0.6) is 0 Å². The fourth-order valence-electron chi connectivity index (χ4n) is 3.65. The molecule has 0 aliphatic carbocycles. The minimum Gasteiger partial charge on any atom is -0.475 e. The second-order valence-corrected chi connectivity index (χ2v) is 8.59. The van der Waals surface area contributed by atoms with E-state index in [1.807, 2.05) is 34.7 Å². The van der Waals surface area contributed by atoms with Crippen molar-refractivity contribution in [1.82, 2.24) is 25.2 Å². The average Bonchev–Trinajstić information content (AvgIpc) is 3.53. The van der Waals surface area contributed by atoms with Gasteiger partial charge in [-0.15, -0.1) is 16.4 Å². The Hall–Kier alpha value is -3.25. The van der Waals surface area contributed by atoms with Gasteiger partial charge in [-0.3, -0.25) is 4.79 Å². The predicted octanol–water partition coefficient (Wildman–Crippen LogP) is 3.92. The van der Waals surface area contributed by atoms with Gasteiger partial charge in [-0.05, 0) is 42.8 Å². The van der Waals surface area contributed by atoms with Crippen LogP contribution in [0.3, 0.4) is 0 Å². The van der Waals surface area contributed by atoms with Crippen molar-refractivity contribution in [3.8, 4) is 5.69 Å². The van der Waals surface area contributed by atoms with E-state index >= 15 is 0 Å². The highest BCUT2D eigenvalue weighted by atomic mass is 32.1. The van der Waals surface area contributed by atoms with Crippen LogP contribution in [0.25, 0.3) is 5.69 Å². The summed E-state index contributed by atoms with van der Waals surface area (Å²) >= 11 is 1.51. The van der Waals surface area contributed by atoms with Gasteiger partial charge < -0.3 is 15.3 Å². The van der Waals surface area contributed by atoms with E-state index in [1.54, 1.807) is 10.9 Å². The number of likely N-dealkylation sites (tertiary alicyclic amines) is 1. The zero-order chi connectivity index (χ0) is 24.7. The molecule has 182 valence electrons. The number of aromatic nitrogens is 3. The van der Waals surface area contributed by atoms with Gasteiger partial charge in [0.2, 0.25) is 0 Å². The molecule has 2 aromatic heterocycles. The zero-order valence-corrected chi connectivity index (χ0v) is 19.1. The number of halogens is 3. The number of hydrogen-bond acceptors (Lipinski definition) is 6. The Morgan fingerprint density at radius 1 is 1.18 bits per heavy atom. The van der Waals surface area contributed by atoms with Gasteiger partial charge in [0.25, 0.3) is 5.91 Å². The SMILES string of the molecule is CC(NC1CCN(C(=O)c2cccs2)CC1)c1ccccc1-n1ccnn1.O=C(O)C(F)(F)F. The topological polar surface area (TPSA) is 100 Å². The van der Waals surface area contributed by atoms with E-state index in [2.05, 4.69) is 40.8 Å². The summed E-state index contributed by atoms with van der Waals surface area (Å²) in [5, 5.41) is 20.9. The van der Waals surface area contributed by atoms with Gasteiger partial charge in [-0.2, -0.15) is 13.2 Å². The summed E-state index contributed by atoms with van der Waals surface area (Å²) in [5.74, 6) is -2.60. The molecule has 34 heavy (non-hydrogen) atoms. The third kappa shape index (κ3) is 6.64. The highest BCUT2D eigenvalue weighted by Crippen LogP contribution is 2.24. The molecule has 1 fully saturated rings. The maximum absolute atomic E-state index is 12.5. The van der Waals surface area contributed by atoms with Gasteiger partial charge in [-0.1, -0.05) is 29.5 Å². The standard InChI is InChI=1S/C20H23N5OS.C2HF3O2/c1-15(17-5-2-3-6-18(17)25-13-10-21-23-25)22-16-8-11-24(12-9-16)20(26)19-7-4-14-27-19;3-2(4,5)1(6)7/h2-7,10,13-16,22H,8-9,11-12H2,1H3;(H,6,7). The highest BCUT2D eigenvalue weighted by molar-refractivity contribution is 7.12. The lowest BCUT2D eigenvalue weighted by Gasteiger charge is -2.34. The van der Waals surface area contributed by atoms with Crippen molar-refractivity contribution in [2.75, 3.05) is 13.1 Å². The van der Waals surface area contributed by atoms with E-state index in [1.165, 1.54) is 16.9 Å². The van der Waals surface area contributed by atoms with Crippen LogP contribution < -0.4 is 5.32 Å². The van der Waals surface area contributed by atoms with Crippen LogP contribution in [0.15, 0.2) is 54.2 Å². The number of para-hydroxylation sites is 1. The first-order valence-corrected chi connectivity index (χ1v) is 11.4. The first-order valence-electron chi connectivity index (χ1n) is 10.5. The van der Waals surface area contributed by atoms with E-state index in [0.29, 0.717) is 6.04 Å². The fourth-order valence-corrected chi connectivity index (χ4v) is 4.34. The Morgan fingerprint density at radius 3 is 2.41 bits per heavy atom. The summed E-state index contributed by atoms with van der Waals surface area (Å²) in [6.45, 7) is 3.77. The summed E-state index contributed by atoms with van der Waals surface area (Å²) in [6.07, 6.45) is 0.398. The third-order valence-electron chi connectivity index (χ3n) is 5.31. The van der Waals surface area contributed by atoms with Crippen molar-refractivity contribution in [3.05, 3.63) is 64.6 Å². The quantitative estimate of drug-likeness (QED) is 0.557. The van der Waals surface area contributed by atoms with Crippen molar-refractivity contribution in [1.29, 1.82) is 0 Å². The van der Waals surface area contributed by atoms with Crippen molar-refractivity contribution >= 4 is 23.2 Å². The number of rotatable bonds is 5. The molecule has 0 saturated carbocycles. The summed E-state index contributed by atoms with van der Waals surface area (Å²) in [7, 11) is 0. The minimum atomic E-state index is -5.08. The Bertz CT molecular complexity index is 1070. The number of piperidine rings is 1. The summed E-state index contributed by atoms with van der Waals surface area (Å²) in [5.41, 5.74) is 2.24. The molecule has 1 atom stereocenters. The lowest BCUT2D eigenvalue weighted by atomic mass is 10.0. The number of carboxylic acids is 1. The van der Waals surface area contributed by atoms with Crippen LogP contribution in [-0.4, -0.2) is 62.2 Å². The second-order valence-electron chi connectivity index (χ2n) is 7.64. The molecule has 0 bridgehead atoms. The van der Waals surface area contributed by atoms with Gasteiger partial charge >= 0.3 is 12.1 Å². The van der Waals surface area contributed by atoms with E-state index in [0.717, 1.165) is 36.5 Å². The van der Waals surface area contributed by atoms with Crippen LogP contribution >= 0.6 is 11.3 Å². The molecule has 1 unspecified atom stereocenters. The van der Waals surface area contributed by atoms with Gasteiger partial charge in [0.15, 0.2) is 0 Å². The van der Waals surface area contributed by atoms with E-state index < -0.39 is 12.1 Å². The lowest BCUT2D eigenvalue weighted by Crippen LogP contribution is -2.45. The number of thiophene rings is 1. The Balaban J connectivity index is 0.000000406. The maximum Gasteiger partial charge on any atom is 0.490 e. The molecule has 4 rings (SSSR count). The Morgan fingerprint density at radius 2 is 1.85 bits per heavy atom. The summed E-state index contributed by atoms with van der Waals surface area (Å²) < 4.78 is 33.5. The Labute approximate surface area is 198 Å². The van der Waals surface area contributed by atoms with Crippen LogP contribution in [0.4, 0.5) is 13.2 Å². The van der Waals surface area contributed by atoms with Gasteiger partial charge in [0.1, 0.15) is 0 Å². The number of carbonyl (C=O) groups is 2. The molecule has 1 amide bonds. The van der Waals surface area contributed by atoms with Crippen molar-refractivity contribution in [3.63, 3.8) is 0 Å². The highest BCUT2D eigenvalue weighted by Gasteiger charge is 2.38. The molecule has 8 nitrogen and oxygen atoms in total. The number of amides is 1. The molecule has 0 radical (unpaired) electrons. The molecule has 1 saturated heterocycles. The van der Waals surface area contributed by atoms with Crippen molar-refractivity contribution in [2.24, 2.45) is 0 Å². The van der Waals surface area contributed by atoms with Crippen LogP contribution in [0.2, 0.25) is 0 Å². The van der Waals surface area contributed by atoms with E-state index in [4.69, 9.17) is 9.90 Å². The third-order valence-corrected chi connectivity index (χ3v) is 6.17. The van der Waals surface area contributed by atoms with Gasteiger partial charge in [-0.25, -0.2) is 9.48 Å². The predicted molar refractivity (Wildman–Crippen MR) is 120 cm³/mol. The summed E-state index contributed by atoms with van der Waals surface area (Å²) in [6, 6.07) is 12.7. The first-order chi connectivity index (χ1) is 16.2. The molecule has 2 N–H and O–H groups in total. The number of alkyl halides is 3. The van der Waals surface area contributed by atoms with Gasteiger partial charge in [0.05, 0.1) is 23.0 Å².